The lowest BCUT2D eigenvalue weighted by Crippen LogP contribution is -2.46. The normalized spacial score (nSPS) is 11.4. The molecule has 1 rings (SSSR count). The maximum absolute atomic E-state index is 12.5. The van der Waals surface area contributed by atoms with Gasteiger partial charge in [0, 0.05) is 12.1 Å². The minimum atomic E-state index is -0.922. The quantitative estimate of drug-likeness (QED) is 0.874. The molecule has 0 aromatic carbocycles. The van der Waals surface area contributed by atoms with Crippen LogP contribution in [0.4, 0.5) is 0 Å². The van der Waals surface area contributed by atoms with Crippen molar-refractivity contribution in [2.75, 3.05) is 12.8 Å². The Morgan fingerprint density at radius 3 is 2.50 bits per heavy atom. The highest BCUT2D eigenvalue weighted by atomic mass is 32.2. The molecule has 0 bridgehead atoms. The molecule has 0 unspecified atom stereocenters. The van der Waals surface area contributed by atoms with E-state index in [-0.39, 0.29) is 24.6 Å². The van der Waals surface area contributed by atoms with Gasteiger partial charge in [-0.05, 0) is 39.2 Å². The first-order valence-corrected chi connectivity index (χ1v) is 7.76. The third kappa shape index (κ3) is 4.59. The average Bonchev–Trinajstić information content (AvgIpc) is 2.76. The number of amides is 1. The number of carbonyl (C=O) groups excluding carboxylic acids is 1. The standard InChI is InChI=1S/C14H21NO4S/c1-14(2,3)15(8-7-12(16)17)13(18)11-6-5-10(19-11)9-20-4/h5-6H,7-9H2,1-4H3,(H,16,17). The van der Waals surface area contributed by atoms with Gasteiger partial charge in [-0.15, -0.1) is 0 Å². The number of aliphatic carboxylic acids is 1. The molecule has 0 fully saturated rings. The van der Waals surface area contributed by atoms with Gasteiger partial charge in [-0.1, -0.05) is 0 Å². The molecule has 0 radical (unpaired) electrons. The summed E-state index contributed by atoms with van der Waals surface area (Å²) >= 11 is 1.61. The van der Waals surface area contributed by atoms with E-state index in [9.17, 15) is 9.59 Å². The number of carbonyl (C=O) groups is 2. The smallest absolute Gasteiger partial charge is 0.305 e. The lowest BCUT2D eigenvalue weighted by Gasteiger charge is -2.34. The van der Waals surface area contributed by atoms with E-state index in [4.69, 9.17) is 9.52 Å². The Labute approximate surface area is 123 Å². The van der Waals surface area contributed by atoms with E-state index < -0.39 is 11.5 Å². The van der Waals surface area contributed by atoms with Gasteiger partial charge in [0.05, 0.1) is 12.2 Å². The van der Waals surface area contributed by atoms with Crippen molar-refractivity contribution in [3.8, 4) is 0 Å². The van der Waals surface area contributed by atoms with Crippen molar-refractivity contribution < 1.29 is 19.1 Å². The predicted octanol–water partition coefficient (Wildman–Crippen LogP) is 2.86. The molecule has 0 spiro atoms. The largest absolute Gasteiger partial charge is 0.481 e. The Bertz CT molecular complexity index is 476. The zero-order chi connectivity index (χ0) is 15.3. The molecule has 0 saturated heterocycles. The van der Waals surface area contributed by atoms with Crippen LogP contribution in [0.25, 0.3) is 0 Å². The Morgan fingerprint density at radius 2 is 2.00 bits per heavy atom. The van der Waals surface area contributed by atoms with E-state index in [0.29, 0.717) is 5.75 Å². The summed E-state index contributed by atoms with van der Waals surface area (Å²) in [6, 6.07) is 3.43. The van der Waals surface area contributed by atoms with Crippen molar-refractivity contribution in [1.29, 1.82) is 0 Å². The zero-order valence-corrected chi connectivity index (χ0v) is 13.1. The molecule has 1 aromatic rings. The van der Waals surface area contributed by atoms with Crippen LogP contribution in [-0.4, -0.2) is 40.2 Å². The fraction of sp³-hybridized carbons (Fsp3) is 0.571. The number of hydrogen-bond acceptors (Lipinski definition) is 4. The second kappa shape index (κ2) is 6.83. The average molecular weight is 299 g/mol. The Balaban J connectivity index is 2.88. The topological polar surface area (TPSA) is 70.8 Å². The van der Waals surface area contributed by atoms with E-state index in [0.717, 1.165) is 5.76 Å². The molecule has 0 saturated carbocycles. The summed E-state index contributed by atoms with van der Waals surface area (Å²) in [5, 5.41) is 8.79. The molecule has 1 amide bonds. The highest BCUT2D eigenvalue weighted by Gasteiger charge is 2.29. The Morgan fingerprint density at radius 1 is 1.35 bits per heavy atom. The highest BCUT2D eigenvalue weighted by molar-refractivity contribution is 7.97. The summed E-state index contributed by atoms with van der Waals surface area (Å²) in [5.41, 5.74) is -0.459. The molecule has 0 aliphatic rings. The van der Waals surface area contributed by atoms with Crippen molar-refractivity contribution in [3.63, 3.8) is 0 Å². The second-order valence-electron chi connectivity index (χ2n) is 5.47. The molecule has 1 heterocycles. The molecule has 6 heteroatoms. The van der Waals surface area contributed by atoms with E-state index >= 15 is 0 Å². The molecule has 0 atom stereocenters. The first kappa shape index (κ1) is 16.6. The number of furan rings is 1. The van der Waals surface area contributed by atoms with Crippen molar-refractivity contribution in [2.24, 2.45) is 0 Å². The number of carboxylic acid groups (broad SMARTS) is 1. The molecule has 0 aliphatic heterocycles. The van der Waals surface area contributed by atoms with Crippen molar-refractivity contribution in [2.45, 2.75) is 38.5 Å². The minimum Gasteiger partial charge on any atom is -0.481 e. The van der Waals surface area contributed by atoms with Crippen molar-refractivity contribution in [1.82, 2.24) is 4.90 Å². The number of hydrogen-bond donors (Lipinski definition) is 1. The van der Waals surface area contributed by atoms with Crippen LogP contribution in [0.3, 0.4) is 0 Å². The molecular formula is C14H21NO4S. The monoisotopic (exact) mass is 299 g/mol. The van der Waals surface area contributed by atoms with Crippen LogP contribution in [0.1, 0.15) is 43.5 Å². The van der Waals surface area contributed by atoms with E-state index in [2.05, 4.69) is 0 Å². The van der Waals surface area contributed by atoms with Crippen molar-refractivity contribution in [3.05, 3.63) is 23.7 Å². The van der Waals surface area contributed by atoms with Crippen LogP contribution in [0, 0.1) is 0 Å². The lowest BCUT2D eigenvalue weighted by molar-refractivity contribution is -0.137. The second-order valence-corrected chi connectivity index (χ2v) is 6.34. The van der Waals surface area contributed by atoms with Crippen LogP contribution < -0.4 is 0 Å². The first-order valence-electron chi connectivity index (χ1n) is 6.37. The van der Waals surface area contributed by atoms with E-state index in [1.165, 1.54) is 4.90 Å². The van der Waals surface area contributed by atoms with E-state index in [1.807, 2.05) is 27.0 Å². The van der Waals surface area contributed by atoms with Crippen LogP contribution in [-0.2, 0) is 10.5 Å². The fourth-order valence-electron chi connectivity index (χ4n) is 1.79. The predicted molar refractivity (Wildman–Crippen MR) is 79.0 cm³/mol. The number of nitrogens with zero attached hydrogens (tertiary/aromatic N) is 1. The molecule has 5 nitrogen and oxygen atoms in total. The first-order chi connectivity index (χ1) is 9.25. The maximum Gasteiger partial charge on any atom is 0.305 e. The molecule has 0 aliphatic carbocycles. The van der Waals surface area contributed by atoms with Gasteiger partial charge in [-0.3, -0.25) is 9.59 Å². The summed E-state index contributed by atoms with van der Waals surface area (Å²) in [4.78, 5) is 24.7. The van der Waals surface area contributed by atoms with Gasteiger partial charge in [-0.2, -0.15) is 11.8 Å². The summed E-state index contributed by atoms with van der Waals surface area (Å²) < 4.78 is 5.51. The van der Waals surface area contributed by atoms with Gasteiger partial charge in [0.2, 0.25) is 0 Å². The molecular weight excluding hydrogens is 278 g/mol. The molecule has 1 aromatic heterocycles. The third-order valence-corrected chi connectivity index (χ3v) is 3.34. The van der Waals surface area contributed by atoms with Gasteiger partial charge in [0.25, 0.3) is 5.91 Å². The molecule has 112 valence electrons. The zero-order valence-electron chi connectivity index (χ0n) is 12.3. The maximum atomic E-state index is 12.5. The summed E-state index contributed by atoms with van der Waals surface area (Å²) in [5.74, 6) is 0.515. The van der Waals surface area contributed by atoms with Gasteiger partial charge < -0.3 is 14.4 Å². The minimum absolute atomic E-state index is 0.0820. The van der Waals surface area contributed by atoms with Gasteiger partial charge in [-0.25, -0.2) is 0 Å². The Hall–Kier alpha value is -1.43. The number of thioether (sulfide) groups is 1. The van der Waals surface area contributed by atoms with Gasteiger partial charge in [0.15, 0.2) is 5.76 Å². The van der Waals surface area contributed by atoms with Crippen LogP contribution in [0.15, 0.2) is 16.5 Å². The molecule has 20 heavy (non-hydrogen) atoms. The van der Waals surface area contributed by atoms with Gasteiger partial charge >= 0.3 is 5.97 Å². The number of rotatable bonds is 6. The third-order valence-electron chi connectivity index (χ3n) is 2.76. The van der Waals surface area contributed by atoms with Crippen LogP contribution in [0.2, 0.25) is 0 Å². The van der Waals surface area contributed by atoms with Gasteiger partial charge in [0.1, 0.15) is 5.76 Å². The molecule has 1 N–H and O–H groups in total. The van der Waals surface area contributed by atoms with Crippen LogP contribution >= 0.6 is 11.8 Å². The van der Waals surface area contributed by atoms with Crippen molar-refractivity contribution >= 4 is 23.6 Å². The number of carboxylic acids is 1. The summed E-state index contributed by atoms with van der Waals surface area (Å²) in [6.07, 6.45) is 1.87. The van der Waals surface area contributed by atoms with E-state index in [1.54, 1.807) is 23.9 Å². The summed E-state index contributed by atoms with van der Waals surface area (Å²) in [7, 11) is 0. The van der Waals surface area contributed by atoms with Crippen LogP contribution in [0.5, 0.6) is 0 Å². The highest BCUT2D eigenvalue weighted by Crippen LogP contribution is 2.20. The SMILES string of the molecule is CSCc1ccc(C(=O)N(CCC(=O)O)C(C)(C)C)o1. The lowest BCUT2D eigenvalue weighted by atomic mass is 10.0. The Kier molecular flexibility index (Phi) is 5.68. The fourth-order valence-corrected chi connectivity index (χ4v) is 2.23. The summed E-state index contributed by atoms with van der Waals surface area (Å²) in [6.45, 7) is 5.78.